The van der Waals surface area contributed by atoms with Crippen LogP contribution in [-0.4, -0.2) is 16.7 Å². The summed E-state index contributed by atoms with van der Waals surface area (Å²) in [6, 6.07) is 0. The predicted octanol–water partition coefficient (Wildman–Crippen LogP) is 1.11. The number of hydrogen-bond donors (Lipinski definition) is 2. The molecule has 3 heteroatoms. The molecule has 0 radical (unpaired) electrons. The normalized spacial score (nSPS) is 26.0. The van der Waals surface area contributed by atoms with E-state index in [0.717, 1.165) is 6.42 Å². The van der Waals surface area contributed by atoms with Crippen LogP contribution in [0.1, 0.15) is 26.2 Å². The van der Waals surface area contributed by atoms with Crippen molar-refractivity contribution in [3.05, 3.63) is 24.3 Å². The zero-order valence-electron chi connectivity index (χ0n) is 7.79. The molecule has 3 nitrogen and oxygen atoms in total. The van der Waals surface area contributed by atoms with E-state index in [2.05, 4.69) is 5.32 Å². The monoisotopic (exact) mass is 181 g/mol. The molecule has 2 N–H and O–H groups in total. The van der Waals surface area contributed by atoms with Gasteiger partial charge in [-0.3, -0.25) is 4.79 Å². The van der Waals surface area contributed by atoms with Crippen LogP contribution in [-0.2, 0) is 4.79 Å². The standard InChI is InChI=1S/C10H15NO2/c1-2-6-9(12)11-10(13)7-4-3-5-8-10/h3-5,7,13H,2,6,8H2,1H3,(H,11,12). The highest BCUT2D eigenvalue weighted by Gasteiger charge is 2.24. The van der Waals surface area contributed by atoms with E-state index < -0.39 is 5.72 Å². The number of aliphatic hydroxyl groups is 1. The molecule has 1 atom stereocenters. The van der Waals surface area contributed by atoms with Gasteiger partial charge in [0, 0.05) is 12.8 Å². The zero-order valence-corrected chi connectivity index (χ0v) is 7.79. The lowest BCUT2D eigenvalue weighted by Crippen LogP contribution is -2.46. The molecule has 0 aromatic heterocycles. The van der Waals surface area contributed by atoms with Gasteiger partial charge in [0.1, 0.15) is 0 Å². The van der Waals surface area contributed by atoms with E-state index in [1.807, 2.05) is 19.1 Å². The molecule has 1 aliphatic rings. The molecule has 13 heavy (non-hydrogen) atoms. The van der Waals surface area contributed by atoms with E-state index in [1.165, 1.54) is 0 Å². The number of nitrogens with one attached hydrogen (secondary N) is 1. The lowest BCUT2D eigenvalue weighted by atomic mass is 10.0. The molecule has 0 bridgehead atoms. The average molecular weight is 181 g/mol. The van der Waals surface area contributed by atoms with E-state index in [1.54, 1.807) is 12.2 Å². The Balaban J connectivity index is 2.47. The van der Waals surface area contributed by atoms with Crippen molar-refractivity contribution in [2.75, 3.05) is 0 Å². The van der Waals surface area contributed by atoms with Crippen LogP contribution in [0.2, 0.25) is 0 Å². The summed E-state index contributed by atoms with van der Waals surface area (Å²) in [4.78, 5) is 11.2. The van der Waals surface area contributed by atoms with Gasteiger partial charge in [-0.15, -0.1) is 0 Å². The molecular formula is C10H15NO2. The zero-order chi connectivity index (χ0) is 9.73. The van der Waals surface area contributed by atoms with Gasteiger partial charge in [-0.05, 0) is 12.5 Å². The first-order valence-corrected chi connectivity index (χ1v) is 4.54. The van der Waals surface area contributed by atoms with E-state index in [0.29, 0.717) is 12.8 Å². The van der Waals surface area contributed by atoms with Gasteiger partial charge in [0.15, 0.2) is 5.72 Å². The summed E-state index contributed by atoms with van der Waals surface area (Å²) in [5, 5.41) is 12.4. The molecule has 1 aliphatic carbocycles. The van der Waals surface area contributed by atoms with Crippen LogP contribution in [0.4, 0.5) is 0 Å². The second-order valence-electron chi connectivity index (χ2n) is 3.21. The van der Waals surface area contributed by atoms with Crippen molar-refractivity contribution in [1.29, 1.82) is 0 Å². The molecule has 0 aliphatic heterocycles. The number of carbonyl (C=O) groups excluding carboxylic acids is 1. The molecule has 0 fully saturated rings. The number of carbonyl (C=O) groups is 1. The van der Waals surface area contributed by atoms with Crippen molar-refractivity contribution in [2.24, 2.45) is 0 Å². The van der Waals surface area contributed by atoms with Crippen LogP contribution in [0.3, 0.4) is 0 Å². The second kappa shape index (κ2) is 4.23. The highest BCUT2D eigenvalue weighted by atomic mass is 16.3. The Morgan fingerprint density at radius 2 is 2.38 bits per heavy atom. The third-order valence-corrected chi connectivity index (χ3v) is 1.88. The van der Waals surface area contributed by atoms with E-state index >= 15 is 0 Å². The summed E-state index contributed by atoms with van der Waals surface area (Å²) < 4.78 is 0. The Kier molecular flexibility index (Phi) is 3.25. The van der Waals surface area contributed by atoms with Gasteiger partial charge in [0.2, 0.25) is 5.91 Å². The maximum atomic E-state index is 11.2. The topological polar surface area (TPSA) is 49.3 Å². The van der Waals surface area contributed by atoms with Crippen molar-refractivity contribution in [1.82, 2.24) is 5.32 Å². The van der Waals surface area contributed by atoms with Gasteiger partial charge in [-0.2, -0.15) is 0 Å². The Morgan fingerprint density at radius 1 is 1.62 bits per heavy atom. The third-order valence-electron chi connectivity index (χ3n) is 1.88. The van der Waals surface area contributed by atoms with Gasteiger partial charge in [-0.1, -0.05) is 25.2 Å². The maximum Gasteiger partial charge on any atom is 0.222 e. The average Bonchev–Trinajstić information content (AvgIpc) is 2.04. The van der Waals surface area contributed by atoms with Crippen molar-refractivity contribution in [2.45, 2.75) is 31.9 Å². The molecule has 72 valence electrons. The first kappa shape index (κ1) is 9.99. The Hall–Kier alpha value is -1.09. The van der Waals surface area contributed by atoms with Crippen molar-refractivity contribution >= 4 is 5.91 Å². The fourth-order valence-electron chi connectivity index (χ4n) is 1.23. The number of rotatable bonds is 3. The number of hydrogen-bond acceptors (Lipinski definition) is 2. The largest absolute Gasteiger partial charge is 0.367 e. The third kappa shape index (κ3) is 3.03. The molecule has 0 saturated carbocycles. The van der Waals surface area contributed by atoms with E-state index in [9.17, 15) is 9.90 Å². The minimum Gasteiger partial charge on any atom is -0.367 e. The minimum atomic E-state index is -1.17. The van der Waals surface area contributed by atoms with Gasteiger partial charge >= 0.3 is 0 Å². The van der Waals surface area contributed by atoms with Gasteiger partial charge in [-0.25, -0.2) is 0 Å². The van der Waals surface area contributed by atoms with E-state index in [4.69, 9.17) is 0 Å². The highest BCUT2D eigenvalue weighted by Crippen LogP contribution is 2.13. The SMILES string of the molecule is CCCC(=O)NC1(O)C=CC=CC1. The molecule has 0 heterocycles. The Bertz CT molecular complexity index is 245. The fraction of sp³-hybridized carbons (Fsp3) is 0.500. The van der Waals surface area contributed by atoms with Crippen LogP contribution in [0.25, 0.3) is 0 Å². The van der Waals surface area contributed by atoms with Gasteiger partial charge in [0.05, 0.1) is 0 Å². The molecule has 1 amide bonds. The molecule has 0 saturated heterocycles. The fourth-order valence-corrected chi connectivity index (χ4v) is 1.23. The molecule has 0 aromatic rings. The minimum absolute atomic E-state index is 0.107. The maximum absolute atomic E-state index is 11.2. The molecule has 1 unspecified atom stereocenters. The second-order valence-corrected chi connectivity index (χ2v) is 3.21. The van der Waals surface area contributed by atoms with Crippen LogP contribution < -0.4 is 5.32 Å². The lowest BCUT2D eigenvalue weighted by Gasteiger charge is -2.26. The quantitative estimate of drug-likeness (QED) is 0.641. The highest BCUT2D eigenvalue weighted by molar-refractivity contribution is 5.76. The van der Waals surface area contributed by atoms with Crippen LogP contribution in [0.5, 0.6) is 0 Å². The van der Waals surface area contributed by atoms with Gasteiger partial charge in [0.25, 0.3) is 0 Å². The van der Waals surface area contributed by atoms with Crippen molar-refractivity contribution in [3.63, 3.8) is 0 Å². The first-order chi connectivity index (χ1) is 6.16. The first-order valence-electron chi connectivity index (χ1n) is 4.54. The molecule has 0 spiro atoms. The van der Waals surface area contributed by atoms with Gasteiger partial charge < -0.3 is 10.4 Å². The molecule has 1 rings (SSSR count). The Morgan fingerprint density at radius 3 is 2.92 bits per heavy atom. The van der Waals surface area contributed by atoms with Crippen LogP contribution >= 0.6 is 0 Å². The smallest absolute Gasteiger partial charge is 0.222 e. The molecular weight excluding hydrogens is 166 g/mol. The molecule has 0 aromatic carbocycles. The number of allylic oxidation sites excluding steroid dienone is 2. The summed E-state index contributed by atoms with van der Waals surface area (Å²) in [5.41, 5.74) is -1.17. The summed E-state index contributed by atoms with van der Waals surface area (Å²) in [6.45, 7) is 1.93. The summed E-state index contributed by atoms with van der Waals surface area (Å²) in [5.74, 6) is -0.107. The van der Waals surface area contributed by atoms with Crippen molar-refractivity contribution < 1.29 is 9.90 Å². The Labute approximate surface area is 78.1 Å². The van der Waals surface area contributed by atoms with E-state index in [-0.39, 0.29) is 5.91 Å². The lowest BCUT2D eigenvalue weighted by molar-refractivity contribution is -0.126. The number of amides is 1. The van der Waals surface area contributed by atoms with Crippen LogP contribution in [0, 0.1) is 0 Å². The predicted molar refractivity (Wildman–Crippen MR) is 50.9 cm³/mol. The summed E-state index contributed by atoms with van der Waals surface area (Å²) in [7, 11) is 0. The summed E-state index contributed by atoms with van der Waals surface area (Å²) in [6.07, 6.45) is 8.70. The van der Waals surface area contributed by atoms with Crippen LogP contribution in [0.15, 0.2) is 24.3 Å². The van der Waals surface area contributed by atoms with Crippen molar-refractivity contribution in [3.8, 4) is 0 Å². The summed E-state index contributed by atoms with van der Waals surface area (Å²) >= 11 is 0.